The van der Waals surface area contributed by atoms with Gasteiger partial charge in [0.2, 0.25) is 0 Å². The number of benzene rings is 2. The van der Waals surface area contributed by atoms with Gasteiger partial charge in [0.1, 0.15) is 23.4 Å². The Morgan fingerprint density at radius 1 is 1.09 bits per heavy atom. The molecule has 22 heavy (non-hydrogen) atoms. The van der Waals surface area contributed by atoms with Crippen LogP contribution in [0.25, 0.3) is 0 Å². The molecule has 2 aromatic carbocycles. The fourth-order valence-corrected chi connectivity index (χ4v) is 4.05. The van der Waals surface area contributed by atoms with E-state index >= 15 is 0 Å². The molecule has 2 aliphatic rings. The van der Waals surface area contributed by atoms with E-state index in [1.807, 2.05) is 24.3 Å². The average Bonchev–Trinajstić information content (AvgIpc) is 3.04. The molecule has 114 valence electrons. The zero-order valence-electron chi connectivity index (χ0n) is 12.7. The largest absolute Gasteiger partial charge is 0.508 e. The molecule has 1 aliphatic carbocycles. The highest BCUT2D eigenvalue weighted by Gasteiger charge is 2.43. The molecule has 0 bridgehead atoms. The molecule has 1 saturated carbocycles. The molecule has 1 fully saturated rings. The van der Waals surface area contributed by atoms with Crippen molar-refractivity contribution in [1.82, 2.24) is 0 Å². The van der Waals surface area contributed by atoms with Crippen molar-refractivity contribution in [3.8, 4) is 17.2 Å². The summed E-state index contributed by atoms with van der Waals surface area (Å²) >= 11 is 0. The second-order valence-corrected chi connectivity index (χ2v) is 6.20. The molecule has 2 aromatic rings. The van der Waals surface area contributed by atoms with Gasteiger partial charge in [-0.15, -0.1) is 0 Å². The lowest BCUT2D eigenvalue weighted by Crippen LogP contribution is -2.26. The number of hydrogen-bond donors (Lipinski definition) is 1. The van der Waals surface area contributed by atoms with Crippen molar-refractivity contribution in [2.45, 2.75) is 31.3 Å². The van der Waals surface area contributed by atoms with E-state index in [-0.39, 0.29) is 6.10 Å². The second kappa shape index (κ2) is 5.24. The first kappa shape index (κ1) is 13.5. The molecule has 3 nitrogen and oxygen atoms in total. The van der Waals surface area contributed by atoms with Crippen molar-refractivity contribution < 1.29 is 14.6 Å². The van der Waals surface area contributed by atoms with Crippen LogP contribution in [-0.4, -0.2) is 12.2 Å². The van der Waals surface area contributed by atoms with Crippen LogP contribution in [0.15, 0.2) is 42.5 Å². The highest BCUT2D eigenvalue weighted by atomic mass is 16.5. The van der Waals surface area contributed by atoms with E-state index in [2.05, 4.69) is 12.1 Å². The molecular formula is C19H20O3. The summed E-state index contributed by atoms with van der Waals surface area (Å²) < 4.78 is 11.5. The quantitative estimate of drug-likeness (QED) is 0.891. The number of ether oxygens (including phenoxy) is 2. The molecule has 3 atom stereocenters. The van der Waals surface area contributed by atoms with Gasteiger partial charge in [-0.05, 0) is 48.6 Å². The monoisotopic (exact) mass is 296 g/mol. The summed E-state index contributed by atoms with van der Waals surface area (Å²) in [7, 11) is 1.68. The average molecular weight is 296 g/mol. The standard InChI is InChI=1S/C19H20O3/c1-21-13-10-8-12(9-11-13)19-15-5-2-4-14(15)18-16(20)6-3-7-17(18)22-19/h3,6-11,14-15,19-20H,2,4-5H2,1H3/t14-,15+,19+/m0/s1. The minimum Gasteiger partial charge on any atom is -0.508 e. The van der Waals surface area contributed by atoms with Gasteiger partial charge in [0.25, 0.3) is 0 Å². The Labute approximate surface area is 130 Å². The maximum atomic E-state index is 10.2. The van der Waals surface area contributed by atoms with E-state index in [1.165, 1.54) is 12.0 Å². The van der Waals surface area contributed by atoms with E-state index in [0.717, 1.165) is 29.9 Å². The van der Waals surface area contributed by atoms with Crippen molar-refractivity contribution in [3.63, 3.8) is 0 Å². The number of rotatable bonds is 2. The van der Waals surface area contributed by atoms with Gasteiger partial charge < -0.3 is 14.6 Å². The van der Waals surface area contributed by atoms with Gasteiger partial charge in [0.05, 0.1) is 7.11 Å². The fraction of sp³-hybridized carbons (Fsp3) is 0.368. The Kier molecular flexibility index (Phi) is 3.21. The topological polar surface area (TPSA) is 38.7 Å². The molecule has 0 spiro atoms. The molecule has 1 heterocycles. The Morgan fingerprint density at radius 2 is 1.91 bits per heavy atom. The molecule has 0 amide bonds. The summed E-state index contributed by atoms with van der Waals surface area (Å²) in [4.78, 5) is 0. The van der Waals surface area contributed by atoms with Gasteiger partial charge in [-0.1, -0.05) is 24.6 Å². The SMILES string of the molecule is COc1ccc([C@H]2Oc3cccc(O)c3[C@H]3CCC[C@H]32)cc1. The molecule has 0 aromatic heterocycles. The highest BCUT2D eigenvalue weighted by molar-refractivity contribution is 5.49. The normalized spacial score (nSPS) is 26.0. The number of fused-ring (bicyclic) bond motifs is 3. The third-order valence-electron chi connectivity index (χ3n) is 5.07. The Balaban J connectivity index is 1.75. The smallest absolute Gasteiger partial charge is 0.127 e. The van der Waals surface area contributed by atoms with Gasteiger partial charge in [-0.25, -0.2) is 0 Å². The van der Waals surface area contributed by atoms with Crippen molar-refractivity contribution >= 4 is 0 Å². The fourth-order valence-electron chi connectivity index (χ4n) is 4.05. The zero-order valence-corrected chi connectivity index (χ0v) is 12.7. The first-order valence-corrected chi connectivity index (χ1v) is 7.90. The van der Waals surface area contributed by atoms with Crippen LogP contribution in [-0.2, 0) is 0 Å². The van der Waals surface area contributed by atoms with E-state index in [4.69, 9.17) is 9.47 Å². The van der Waals surface area contributed by atoms with E-state index in [0.29, 0.717) is 17.6 Å². The molecule has 0 unspecified atom stereocenters. The number of phenols is 1. The van der Waals surface area contributed by atoms with Crippen LogP contribution in [0.1, 0.15) is 42.4 Å². The Hall–Kier alpha value is -2.16. The van der Waals surface area contributed by atoms with Crippen LogP contribution >= 0.6 is 0 Å². The minimum absolute atomic E-state index is 0.0627. The lowest BCUT2D eigenvalue weighted by Gasteiger charge is -2.36. The van der Waals surface area contributed by atoms with E-state index in [9.17, 15) is 5.11 Å². The maximum absolute atomic E-state index is 10.2. The summed E-state index contributed by atoms with van der Waals surface area (Å²) in [5.41, 5.74) is 2.20. The predicted octanol–water partition coefficient (Wildman–Crippen LogP) is 4.42. The van der Waals surface area contributed by atoms with Crippen LogP contribution in [0.4, 0.5) is 0 Å². The van der Waals surface area contributed by atoms with Gasteiger partial charge >= 0.3 is 0 Å². The summed E-state index contributed by atoms with van der Waals surface area (Å²) in [6, 6.07) is 13.8. The Bertz CT molecular complexity index is 678. The van der Waals surface area contributed by atoms with Crippen LogP contribution < -0.4 is 9.47 Å². The number of phenolic OH excluding ortho intramolecular Hbond substituents is 1. The number of methoxy groups -OCH3 is 1. The van der Waals surface area contributed by atoms with Gasteiger partial charge in [0, 0.05) is 11.5 Å². The molecule has 1 aliphatic heterocycles. The maximum Gasteiger partial charge on any atom is 0.127 e. The van der Waals surface area contributed by atoms with E-state index in [1.54, 1.807) is 13.2 Å². The first-order valence-electron chi connectivity index (χ1n) is 7.90. The zero-order chi connectivity index (χ0) is 15.1. The van der Waals surface area contributed by atoms with Crippen LogP contribution in [0.5, 0.6) is 17.2 Å². The predicted molar refractivity (Wildman–Crippen MR) is 84.6 cm³/mol. The van der Waals surface area contributed by atoms with Crippen molar-refractivity contribution in [3.05, 3.63) is 53.6 Å². The van der Waals surface area contributed by atoms with Gasteiger partial charge in [-0.2, -0.15) is 0 Å². The summed E-state index contributed by atoms with van der Waals surface area (Å²) in [6.07, 6.45) is 3.53. The number of hydrogen-bond acceptors (Lipinski definition) is 3. The molecule has 4 rings (SSSR count). The lowest BCUT2D eigenvalue weighted by molar-refractivity contribution is 0.102. The third kappa shape index (κ3) is 2.04. The van der Waals surface area contributed by atoms with Gasteiger partial charge in [-0.3, -0.25) is 0 Å². The first-order chi connectivity index (χ1) is 10.8. The molecule has 0 radical (unpaired) electrons. The van der Waals surface area contributed by atoms with Crippen molar-refractivity contribution in [1.29, 1.82) is 0 Å². The van der Waals surface area contributed by atoms with Gasteiger partial charge in [0.15, 0.2) is 0 Å². The molecule has 0 saturated heterocycles. The third-order valence-corrected chi connectivity index (χ3v) is 5.07. The molecule has 3 heteroatoms. The molecule has 1 N–H and O–H groups in total. The summed E-state index contributed by atoms with van der Waals surface area (Å²) in [5.74, 6) is 2.92. The molecular weight excluding hydrogens is 276 g/mol. The van der Waals surface area contributed by atoms with E-state index < -0.39 is 0 Å². The van der Waals surface area contributed by atoms with Crippen molar-refractivity contribution in [2.24, 2.45) is 5.92 Å². The lowest BCUT2D eigenvalue weighted by atomic mass is 9.79. The summed E-state index contributed by atoms with van der Waals surface area (Å²) in [5, 5.41) is 10.2. The second-order valence-electron chi connectivity index (χ2n) is 6.20. The summed E-state index contributed by atoms with van der Waals surface area (Å²) in [6.45, 7) is 0. The van der Waals surface area contributed by atoms with Crippen LogP contribution in [0, 0.1) is 5.92 Å². The Morgan fingerprint density at radius 3 is 2.68 bits per heavy atom. The van der Waals surface area contributed by atoms with Crippen molar-refractivity contribution in [2.75, 3.05) is 7.11 Å². The highest BCUT2D eigenvalue weighted by Crippen LogP contribution is 2.55. The minimum atomic E-state index is 0.0627. The number of aromatic hydroxyl groups is 1. The van der Waals surface area contributed by atoms with Crippen LogP contribution in [0.3, 0.4) is 0 Å². The van der Waals surface area contributed by atoms with Crippen LogP contribution in [0.2, 0.25) is 0 Å².